The molecule has 0 amide bonds. The highest BCUT2D eigenvalue weighted by Crippen LogP contribution is 2.37. The van der Waals surface area contributed by atoms with Crippen molar-refractivity contribution in [3.8, 4) is 11.8 Å². The Kier molecular flexibility index (Phi) is 5.35. The standard InChI is InChI=1S/C19H17ClN2O5S/c1-13-2-7-17(16(20)8-13)28(25,26)22-10-19(11-22,18(23)24)12-27-15-5-3-14(9-21)4-6-15/h2-8H,10-12H2,1H3,(H,23,24). The van der Waals surface area contributed by atoms with Crippen LogP contribution < -0.4 is 4.74 Å². The number of hydrogen-bond acceptors (Lipinski definition) is 5. The summed E-state index contributed by atoms with van der Waals surface area (Å²) in [5.41, 5.74) is -0.0718. The fourth-order valence-corrected chi connectivity index (χ4v) is 5.07. The van der Waals surface area contributed by atoms with Crippen LogP contribution in [0.4, 0.5) is 0 Å². The van der Waals surface area contributed by atoms with E-state index >= 15 is 0 Å². The van der Waals surface area contributed by atoms with Crippen molar-refractivity contribution in [3.63, 3.8) is 0 Å². The number of carboxylic acid groups (broad SMARTS) is 1. The van der Waals surface area contributed by atoms with Crippen molar-refractivity contribution in [3.05, 3.63) is 58.6 Å². The summed E-state index contributed by atoms with van der Waals surface area (Å²) in [6.45, 7) is 1.17. The van der Waals surface area contributed by atoms with Crippen molar-refractivity contribution in [2.75, 3.05) is 19.7 Å². The van der Waals surface area contributed by atoms with Crippen LogP contribution in [0.3, 0.4) is 0 Å². The van der Waals surface area contributed by atoms with Gasteiger partial charge in [0.05, 0.1) is 16.7 Å². The van der Waals surface area contributed by atoms with Crippen molar-refractivity contribution in [1.82, 2.24) is 4.31 Å². The van der Waals surface area contributed by atoms with Crippen LogP contribution in [0, 0.1) is 23.7 Å². The summed E-state index contributed by atoms with van der Waals surface area (Å²) in [6.07, 6.45) is 0. The summed E-state index contributed by atoms with van der Waals surface area (Å²) in [5.74, 6) is -0.731. The number of carbonyl (C=O) groups is 1. The molecule has 9 heteroatoms. The first kappa shape index (κ1) is 20.1. The second-order valence-electron chi connectivity index (χ2n) is 6.72. The van der Waals surface area contributed by atoms with Gasteiger partial charge in [0.25, 0.3) is 0 Å². The topological polar surface area (TPSA) is 108 Å². The molecule has 2 aromatic rings. The number of aliphatic carboxylic acids is 1. The van der Waals surface area contributed by atoms with Gasteiger partial charge in [-0.05, 0) is 48.9 Å². The fourth-order valence-electron chi connectivity index (χ4n) is 2.89. The molecule has 0 radical (unpaired) electrons. The van der Waals surface area contributed by atoms with Gasteiger partial charge in [-0.1, -0.05) is 17.7 Å². The van der Waals surface area contributed by atoms with E-state index in [1.807, 2.05) is 6.07 Å². The lowest BCUT2D eigenvalue weighted by Gasteiger charge is -2.45. The third kappa shape index (κ3) is 3.69. The van der Waals surface area contributed by atoms with Gasteiger partial charge in [0.2, 0.25) is 10.0 Å². The summed E-state index contributed by atoms with van der Waals surface area (Å²) in [5, 5.41) is 18.5. The second-order valence-corrected chi connectivity index (χ2v) is 9.03. The van der Waals surface area contributed by atoms with Crippen molar-refractivity contribution in [2.24, 2.45) is 5.41 Å². The second kappa shape index (κ2) is 7.43. The van der Waals surface area contributed by atoms with Crippen molar-refractivity contribution < 1.29 is 23.1 Å². The Morgan fingerprint density at radius 1 is 1.29 bits per heavy atom. The minimum Gasteiger partial charge on any atom is -0.492 e. The predicted octanol–water partition coefficient (Wildman–Crippen LogP) is 2.67. The summed E-state index contributed by atoms with van der Waals surface area (Å²) in [7, 11) is -3.90. The number of carboxylic acids is 1. The lowest BCUT2D eigenvalue weighted by molar-refractivity contribution is -0.159. The molecule has 1 saturated heterocycles. The maximum absolute atomic E-state index is 12.8. The highest BCUT2D eigenvalue weighted by Gasteiger charge is 2.55. The molecule has 0 unspecified atom stereocenters. The first-order valence-corrected chi connectivity index (χ1v) is 10.1. The summed E-state index contributed by atoms with van der Waals surface area (Å²) >= 11 is 6.07. The molecule has 7 nitrogen and oxygen atoms in total. The van der Waals surface area contributed by atoms with Gasteiger partial charge in [0.15, 0.2) is 0 Å². The van der Waals surface area contributed by atoms with E-state index in [1.54, 1.807) is 43.3 Å². The minimum absolute atomic E-state index is 0.0493. The summed E-state index contributed by atoms with van der Waals surface area (Å²) < 4.78 is 32.2. The molecule has 1 aliphatic rings. The number of benzene rings is 2. The number of ether oxygens (including phenoxy) is 1. The Labute approximate surface area is 167 Å². The van der Waals surface area contributed by atoms with E-state index in [0.29, 0.717) is 11.3 Å². The number of nitriles is 1. The first-order chi connectivity index (χ1) is 13.2. The maximum Gasteiger partial charge on any atom is 0.315 e. The van der Waals surface area contributed by atoms with Gasteiger partial charge < -0.3 is 9.84 Å². The molecule has 1 N–H and O–H groups in total. The molecule has 0 saturated carbocycles. The Hall–Kier alpha value is -2.60. The van der Waals surface area contributed by atoms with E-state index in [-0.39, 0.29) is 29.6 Å². The van der Waals surface area contributed by atoms with Gasteiger partial charge in [-0.25, -0.2) is 8.42 Å². The zero-order chi connectivity index (χ0) is 20.5. The number of sulfonamides is 1. The molecule has 0 spiro atoms. The average Bonchev–Trinajstić information content (AvgIpc) is 2.60. The Balaban J connectivity index is 1.73. The fraction of sp³-hybridized carbons (Fsp3) is 0.263. The Bertz CT molecular complexity index is 1050. The zero-order valence-electron chi connectivity index (χ0n) is 14.9. The van der Waals surface area contributed by atoms with Gasteiger partial charge in [0.1, 0.15) is 22.7 Å². The Morgan fingerprint density at radius 3 is 2.46 bits per heavy atom. The smallest absolute Gasteiger partial charge is 0.315 e. The monoisotopic (exact) mass is 420 g/mol. The lowest BCUT2D eigenvalue weighted by atomic mass is 9.83. The van der Waals surface area contributed by atoms with Gasteiger partial charge in [-0.3, -0.25) is 4.79 Å². The number of aryl methyl sites for hydroxylation is 1. The largest absolute Gasteiger partial charge is 0.492 e. The number of halogens is 1. The van der Waals surface area contributed by atoms with E-state index in [2.05, 4.69) is 0 Å². The molecular formula is C19H17ClN2O5S. The Morgan fingerprint density at radius 2 is 1.93 bits per heavy atom. The first-order valence-electron chi connectivity index (χ1n) is 8.31. The SMILES string of the molecule is Cc1ccc(S(=O)(=O)N2CC(COc3ccc(C#N)cc3)(C(=O)O)C2)c(Cl)c1. The quantitative estimate of drug-likeness (QED) is 0.769. The lowest BCUT2D eigenvalue weighted by Crippen LogP contribution is -2.64. The van der Waals surface area contributed by atoms with Crippen LogP contribution in [-0.2, 0) is 14.8 Å². The summed E-state index contributed by atoms with van der Waals surface area (Å²) in [6, 6.07) is 12.8. The normalized spacial score (nSPS) is 16.0. The van der Waals surface area contributed by atoms with E-state index in [1.165, 1.54) is 6.07 Å². The van der Waals surface area contributed by atoms with Crippen LogP contribution in [0.1, 0.15) is 11.1 Å². The summed E-state index contributed by atoms with van der Waals surface area (Å²) in [4.78, 5) is 11.7. The van der Waals surface area contributed by atoms with Gasteiger partial charge in [-0.2, -0.15) is 9.57 Å². The zero-order valence-corrected chi connectivity index (χ0v) is 16.5. The van der Waals surface area contributed by atoms with Crippen molar-refractivity contribution >= 4 is 27.6 Å². The van der Waals surface area contributed by atoms with Crippen molar-refractivity contribution in [2.45, 2.75) is 11.8 Å². The van der Waals surface area contributed by atoms with E-state index < -0.39 is 21.4 Å². The third-order valence-corrected chi connectivity index (χ3v) is 6.89. The van der Waals surface area contributed by atoms with Gasteiger partial charge in [0, 0.05) is 13.1 Å². The number of rotatable bonds is 6. The third-order valence-electron chi connectivity index (χ3n) is 4.62. The molecule has 0 aliphatic carbocycles. The molecule has 0 aromatic heterocycles. The molecule has 1 aliphatic heterocycles. The highest BCUT2D eigenvalue weighted by molar-refractivity contribution is 7.89. The molecular weight excluding hydrogens is 404 g/mol. The van der Waals surface area contributed by atoms with Crippen molar-refractivity contribution in [1.29, 1.82) is 5.26 Å². The predicted molar refractivity (Wildman–Crippen MR) is 102 cm³/mol. The molecule has 1 heterocycles. The maximum atomic E-state index is 12.8. The number of hydrogen-bond donors (Lipinski definition) is 1. The molecule has 0 atom stereocenters. The van der Waals surface area contributed by atoms with Crippen LogP contribution in [0.15, 0.2) is 47.4 Å². The van der Waals surface area contributed by atoms with Crippen LogP contribution in [0.5, 0.6) is 5.75 Å². The van der Waals surface area contributed by atoms with Crippen LogP contribution in [0.2, 0.25) is 5.02 Å². The minimum atomic E-state index is -3.90. The van der Waals surface area contributed by atoms with Crippen LogP contribution in [-0.4, -0.2) is 43.5 Å². The van der Waals surface area contributed by atoms with E-state index in [4.69, 9.17) is 21.6 Å². The highest BCUT2D eigenvalue weighted by atomic mass is 35.5. The van der Waals surface area contributed by atoms with Gasteiger partial charge in [-0.15, -0.1) is 0 Å². The van der Waals surface area contributed by atoms with E-state index in [9.17, 15) is 18.3 Å². The molecule has 0 bridgehead atoms. The van der Waals surface area contributed by atoms with E-state index in [0.717, 1.165) is 9.87 Å². The average molecular weight is 421 g/mol. The van der Waals surface area contributed by atoms with Gasteiger partial charge >= 0.3 is 5.97 Å². The number of nitrogens with zero attached hydrogens (tertiary/aromatic N) is 2. The molecule has 146 valence electrons. The molecule has 2 aromatic carbocycles. The van der Waals surface area contributed by atoms with Crippen LogP contribution in [0.25, 0.3) is 0 Å². The molecule has 3 rings (SSSR count). The molecule has 1 fully saturated rings. The molecule has 28 heavy (non-hydrogen) atoms. The van der Waals surface area contributed by atoms with Crippen LogP contribution >= 0.6 is 11.6 Å².